The third kappa shape index (κ3) is 2.13. The summed E-state index contributed by atoms with van der Waals surface area (Å²) in [6.07, 6.45) is 3.92. The van der Waals surface area contributed by atoms with Crippen molar-refractivity contribution in [2.75, 3.05) is 0 Å². The topological polar surface area (TPSA) is 49.4 Å². The molecule has 1 N–H and O–H groups in total. The van der Waals surface area contributed by atoms with Crippen molar-refractivity contribution in [1.29, 1.82) is 0 Å². The molecule has 2 rings (SSSR count). The number of hydrogen-bond donors (Lipinski definition) is 1. The number of nitrogens with one attached hydrogen (secondary N) is 1. The normalized spacial score (nSPS) is 35.8. The zero-order valence-corrected chi connectivity index (χ0v) is 11.8. The predicted molar refractivity (Wildman–Crippen MR) is 69.9 cm³/mol. The number of piperazine rings is 1. The lowest BCUT2D eigenvalue weighted by atomic mass is 9.93. The lowest BCUT2D eigenvalue weighted by Gasteiger charge is -2.45. The van der Waals surface area contributed by atoms with E-state index in [2.05, 4.69) is 12.2 Å². The minimum Gasteiger partial charge on any atom is -0.340 e. The number of hydrogen-bond acceptors (Lipinski definition) is 2. The van der Waals surface area contributed by atoms with E-state index in [9.17, 15) is 9.59 Å². The second-order valence-corrected chi connectivity index (χ2v) is 6.32. The van der Waals surface area contributed by atoms with Gasteiger partial charge >= 0.3 is 0 Å². The van der Waals surface area contributed by atoms with Gasteiger partial charge in [-0.25, -0.2) is 0 Å². The summed E-state index contributed by atoms with van der Waals surface area (Å²) in [6.45, 7) is 7.79. The summed E-state index contributed by atoms with van der Waals surface area (Å²) in [4.78, 5) is 26.6. The summed E-state index contributed by atoms with van der Waals surface area (Å²) in [7, 11) is 0. The third-order valence-electron chi connectivity index (χ3n) is 4.29. The fourth-order valence-electron chi connectivity index (χ4n) is 3.27. The minimum absolute atomic E-state index is 0.00153. The molecule has 0 aromatic rings. The largest absolute Gasteiger partial charge is 0.340 e. The first kappa shape index (κ1) is 13.4. The maximum atomic E-state index is 12.6. The van der Waals surface area contributed by atoms with Crippen molar-refractivity contribution in [1.82, 2.24) is 10.2 Å². The van der Waals surface area contributed by atoms with E-state index in [4.69, 9.17) is 0 Å². The van der Waals surface area contributed by atoms with Crippen LogP contribution in [0, 0.1) is 5.92 Å². The van der Waals surface area contributed by atoms with Crippen molar-refractivity contribution >= 4 is 11.8 Å². The van der Waals surface area contributed by atoms with Crippen molar-refractivity contribution < 1.29 is 9.59 Å². The maximum Gasteiger partial charge on any atom is 0.248 e. The van der Waals surface area contributed by atoms with E-state index in [1.54, 1.807) is 13.8 Å². The number of nitrogens with zero attached hydrogens (tertiary/aromatic N) is 1. The van der Waals surface area contributed by atoms with E-state index in [0.717, 1.165) is 19.3 Å². The summed E-state index contributed by atoms with van der Waals surface area (Å²) in [5.74, 6) is 0.739. The van der Waals surface area contributed by atoms with E-state index in [1.807, 2.05) is 11.8 Å². The molecule has 0 bridgehead atoms. The Labute approximate surface area is 109 Å². The Morgan fingerprint density at radius 1 is 1.33 bits per heavy atom. The van der Waals surface area contributed by atoms with Crippen LogP contribution in [0.5, 0.6) is 0 Å². The van der Waals surface area contributed by atoms with Crippen molar-refractivity contribution in [3.63, 3.8) is 0 Å². The Morgan fingerprint density at radius 2 is 2.00 bits per heavy atom. The summed E-state index contributed by atoms with van der Waals surface area (Å²) >= 11 is 0. The average molecular weight is 252 g/mol. The van der Waals surface area contributed by atoms with Crippen molar-refractivity contribution in [3.8, 4) is 0 Å². The van der Waals surface area contributed by atoms with Crippen molar-refractivity contribution in [2.24, 2.45) is 5.92 Å². The summed E-state index contributed by atoms with van der Waals surface area (Å²) in [6, 6.07) is -0.0244. The molecule has 1 aliphatic carbocycles. The van der Waals surface area contributed by atoms with Gasteiger partial charge in [0.15, 0.2) is 0 Å². The second kappa shape index (κ2) is 4.56. The van der Waals surface area contributed by atoms with E-state index >= 15 is 0 Å². The molecule has 2 amide bonds. The molecule has 1 aliphatic heterocycles. The fourth-order valence-corrected chi connectivity index (χ4v) is 3.27. The molecule has 4 nitrogen and oxygen atoms in total. The van der Waals surface area contributed by atoms with Crippen LogP contribution in [0.25, 0.3) is 0 Å². The van der Waals surface area contributed by atoms with Crippen molar-refractivity contribution in [3.05, 3.63) is 0 Å². The maximum absolute atomic E-state index is 12.6. The van der Waals surface area contributed by atoms with Crippen molar-refractivity contribution in [2.45, 2.75) is 71.0 Å². The minimum atomic E-state index is -0.755. The lowest BCUT2D eigenvalue weighted by Crippen LogP contribution is -2.69. The Balaban J connectivity index is 2.27. The molecule has 1 saturated heterocycles. The van der Waals surface area contributed by atoms with Crippen LogP contribution < -0.4 is 5.32 Å². The van der Waals surface area contributed by atoms with Crippen LogP contribution in [-0.2, 0) is 9.59 Å². The summed E-state index contributed by atoms with van der Waals surface area (Å²) in [5.41, 5.74) is -0.755. The molecule has 2 aliphatic rings. The van der Waals surface area contributed by atoms with E-state index in [1.165, 1.54) is 0 Å². The molecule has 2 fully saturated rings. The second-order valence-electron chi connectivity index (χ2n) is 6.32. The molecule has 0 radical (unpaired) electrons. The SMILES string of the molecule is CCC1C(=O)NC(C)(C)C(=O)N1C1CCC(C)C1. The van der Waals surface area contributed by atoms with Gasteiger partial charge in [0, 0.05) is 6.04 Å². The molecule has 18 heavy (non-hydrogen) atoms. The third-order valence-corrected chi connectivity index (χ3v) is 4.29. The van der Waals surface area contributed by atoms with Crippen LogP contribution in [0.1, 0.15) is 53.4 Å². The quantitative estimate of drug-likeness (QED) is 0.813. The summed E-state index contributed by atoms with van der Waals surface area (Å²) < 4.78 is 0. The highest BCUT2D eigenvalue weighted by atomic mass is 16.2. The molecule has 3 unspecified atom stereocenters. The molecule has 0 aromatic heterocycles. The smallest absolute Gasteiger partial charge is 0.248 e. The van der Waals surface area contributed by atoms with Gasteiger partial charge < -0.3 is 10.2 Å². The zero-order chi connectivity index (χ0) is 13.5. The van der Waals surface area contributed by atoms with Gasteiger partial charge in [-0.2, -0.15) is 0 Å². The van der Waals surface area contributed by atoms with Gasteiger partial charge in [0.05, 0.1) is 0 Å². The first-order valence-corrected chi connectivity index (χ1v) is 7.01. The van der Waals surface area contributed by atoms with E-state index < -0.39 is 5.54 Å². The molecular formula is C14H24N2O2. The zero-order valence-electron chi connectivity index (χ0n) is 11.8. The highest BCUT2D eigenvalue weighted by Gasteiger charge is 2.47. The molecule has 102 valence electrons. The van der Waals surface area contributed by atoms with Gasteiger partial charge in [-0.15, -0.1) is 0 Å². The highest BCUT2D eigenvalue weighted by molar-refractivity contribution is 5.99. The van der Waals surface area contributed by atoms with Gasteiger partial charge in [-0.05, 0) is 45.4 Å². The molecule has 3 atom stereocenters. The van der Waals surface area contributed by atoms with Crippen LogP contribution in [-0.4, -0.2) is 34.3 Å². The number of carbonyl (C=O) groups excluding carboxylic acids is 2. The number of rotatable bonds is 2. The molecule has 0 spiro atoms. The molecule has 4 heteroatoms. The fraction of sp³-hybridized carbons (Fsp3) is 0.857. The van der Waals surface area contributed by atoms with Gasteiger partial charge in [0.25, 0.3) is 0 Å². The van der Waals surface area contributed by atoms with Crippen LogP contribution in [0.15, 0.2) is 0 Å². The Bertz CT molecular complexity index is 365. The standard InChI is InChI=1S/C14H24N2O2/c1-5-11-12(17)15-14(3,4)13(18)16(11)10-7-6-9(2)8-10/h9-11H,5-8H2,1-4H3,(H,15,17). The van der Waals surface area contributed by atoms with Crippen LogP contribution in [0.3, 0.4) is 0 Å². The van der Waals surface area contributed by atoms with Crippen LogP contribution in [0.2, 0.25) is 0 Å². The Kier molecular flexibility index (Phi) is 3.39. The molecule has 0 aromatic carbocycles. The molecular weight excluding hydrogens is 228 g/mol. The van der Waals surface area contributed by atoms with E-state index in [-0.39, 0.29) is 23.9 Å². The number of amides is 2. The lowest BCUT2D eigenvalue weighted by molar-refractivity contribution is -0.156. The first-order chi connectivity index (χ1) is 8.36. The number of carbonyl (C=O) groups is 2. The van der Waals surface area contributed by atoms with Gasteiger partial charge in [0.1, 0.15) is 11.6 Å². The monoisotopic (exact) mass is 252 g/mol. The summed E-state index contributed by atoms with van der Waals surface area (Å²) in [5, 5.41) is 2.84. The van der Waals surface area contributed by atoms with Gasteiger partial charge in [-0.3, -0.25) is 9.59 Å². The Hall–Kier alpha value is -1.06. The predicted octanol–water partition coefficient (Wildman–Crippen LogP) is 1.69. The van der Waals surface area contributed by atoms with E-state index in [0.29, 0.717) is 12.3 Å². The average Bonchev–Trinajstić information content (AvgIpc) is 2.69. The Morgan fingerprint density at radius 3 is 2.50 bits per heavy atom. The molecule has 1 saturated carbocycles. The van der Waals surface area contributed by atoms with Crippen LogP contribution >= 0.6 is 0 Å². The van der Waals surface area contributed by atoms with Gasteiger partial charge in [0.2, 0.25) is 11.8 Å². The highest BCUT2D eigenvalue weighted by Crippen LogP contribution is 2.33. The first-order valence-electron chi connectivity index (χ1n) is 7.01. The molecule has 1 heterocycles. The van der Waals surface area contributed by atoms with Gasteiger partial charge in [-0.1, -0.05) is 13.8 Å². The van der Waals surface area contributed by atoms with Crippen LogP contribution in [0.4, 0.5) is 0 Å².